The molecule has 2 aliphatic heterocycles. The van der Waals surface area contributed by atoms with Gasteiger partial charge in [0.2, 0.25) is 9.84 Å². The lowest BCUT2D eigenvalue weighted by Crippen LogP contribution is -2.19. The van der Waals surface area contributed by atoms with E-state index in [9.17, 15) is 8.42 Å². The molecule has 0 aromatic heterocycles. The van der Waals surface area contributed by atoms with E-state index in [2.05, 4.69) is 0 Å². The molecule has 2 heterocycles. The monoisotopic (exact) mass is 420 g/mol. The molecule has 5 nitrogen and oxygen atoms in total. The molecule has 0 spiro atoms. The second kappa shape index (κ2) is 6.92. The van der Waals surface area contributed by atoms with Crippen LogP contribution in [0.5, 0.6) is 11.5 Å². The fraction of sp³-hybridized carbons (Fsp3) is 0.167. The third-order valence-electron chi connectivity index (χ3n) is 5.46. The van der Waals surface area contributed by atoms with Gasteiger partial charge in [-0.2, -0.15) is 0 Å². The lowest BCUT2D eigenvalue weighted by atomic mass is 9.99. The fourth-order valence-electron chi connectivity index (χ4n) is 3.95. The number of aryl methyl sites for hydroxylation is 1. The van der Waals surface area contributed by atoms with Gasteiger partial charge in [-0.25, -0.2) is 8.42 Å². The van der Waals surface area contributed by atoms with Crippen molar-refractivity contribution in [3.8, 4) is 11.5 Å². The Labute approximate surface area is 175 Å². The summed E-state index contributed by atoms with van der Waals surface area (Å²) in [6.45, 7) is 1.92. The number of hydrogen-bond donors (Lipinski definition) is 0. The molecule has 5 rings (SSSR count). The molecule has 152 valence electrons. The van der Waals surface area contributed by atoms with Gasteiger partial charge in [-0.3, -0.25) is 0 Å². The lowest BCUT2D eigenvalue weighted by Gasteiger charge is -2.13. The Bertz CT molecular complexity index is 1240. The maximum atomic E-state index is 13.8. The van der Waals surface area contributed by atoms with Crippen LogP contribution in [0.4, 0.5) is 0 Å². The summed E-state index contributed by atoms with van der Waals surface area (Å²) in [4.78, 5) is 0.451. The van der Waals surface area contributed by atoms with Crippen LogP contribution in [0.15, 0.2) is 82.6 Å². The van der Waals surface area contributed by atoms with E-state index in [1.54, 1.807) is 43.5 Å². The van der Waals surface area contributed by atoms with Crippen molar-refractivity contribution in [1.82, 2.24) is 0 Å². The summed E-state index contributed by atoms with van der Waals surface area (Å²) in [5.41, 5.74) is 2.44. The number of fused-ring (bicyclic) bond motifs is 3. The van der Waals surface area contributed by atoms with Crippen LogP contribution in [0.3, 0.4) is 0 Å². The number of ether oxygens (including phenoxy) is 3. The molecule has 0 fully saturated rings. The van der Waals surface area contributed by atoms with E-state index in [1.165, 1.54) is 0 Å². The van der Waals surface area contributed by atoms with E-state index in [4.69, 9.17) is 14.2 Å². The fourth-order valence-corrected chi connectivity index (χ4v) is 5.68. The highest BCUT2D eigenvalue weighted by Crippen LogP contribution is 2.54. The zero-order chi connectivity index (χ0) is 20.9. The van der Waals surface area contributed by atoms with Crippen LogP contribution in [-0.2, 0) is 14.6 Å². The molecule has 2 unspecified atom stereocenters. The number of methoxy groups -OCH3 is 1. The van der Waals surface area contributed by atoms with Crippen LogP contribution in [0, 0.1) is 6.92 Å². The lowest BCUT2D eigenvalue weighted by molar-refractivity contribution is 0.00634. The molecule has 3 aromatic rings. The molecular formula is C24H20O5S. The minimum absolute atomic E-state index is 0.217. The molecule has 2 aliphatic rings. The summed E-state index contributed by atoms with van der Waals surface area (Å²) in [6, 6.07) is 21.5. The van der Waals surface area contributed by atoms with Crippen LogP contribution >= 0.6 is 0 Å². The highest BCUT2D eigenvalue weighted by molar-refractivity contribution is 7.95. The van der Waals surface area contributed by atoms with Crippen LogP contribution in [0.2, 0.25) is 0 Å². The third-order valence-corrected chi connectivity index (χ3v) is 7.38. The Hall–Kier alpha value is -3.25. The van der Waals surface area contributed by atoms with Crippen molar-refractivity contribution in [1.29, 1.82) is 0 Å². The van der Waals surface area contributed by atoms with Gasteiger partial charge in [0, 0.05) is 11.1 Å². The smallest absolute Gasteiger partial charge is 0.252 e. The molecule has 0 radical (unpaired) electrons. The summed E-state index contributed by atoms with van der Waals surface area (Å²) < 4.78 is 45.1. The average molecular weight is 420 g/mol. The molecular weight excluding hydrogens is 400 g/mol. The van der Waals surface area contributed by atoms with Gasteiger partial charge in [-0.1, -0.05) is 48.0 Å². The SMILES string of the molecule is COc1ccc2c(c1)C1C(S(=O)(=O)c3ccc(C)cc3)=C(c3ccccc3)OC1O2. The molecule has 3 aromatic carbocycles. The minimum atomic E-state index is -3.84. The maximum absolute atomic E-state index is 13.8. The van der Waals surface area contributed by atoms with Crippen molar-refractivity contribution in [3.63, 3.8) is 0 Å². The molecule has 2 atom stereocenters. The zero-order valence-electron chi connectivity index (χ0n) is 16.5. The second-order valence-electron chi connectivity index (χ2n) is 7.36. The summed E-state index contributed by atoms with van der Waals surface area (Å²) in [7, 11) is -2.26. The molecule has 6 heteroatoms. The van der Waals surface area contributed by atoms with Crippen molar-refractivity contribution in [2.75, 3.05) is 7.11 Å². The molecule has 0 aliphatic carbocycles. The second-order valence-corrected chi connectivity index (χ2v) is 9.28. The van der Waals surface area contributed by atoms with E-state index < -0.39 is 22.0 Å². The van der Waals surface area contributed by atoms with Crippen molar-refractivity contribution in [2.45, 2.75) is 24.0 Å². The van der Waals surface area contributed by atoms with Crippen LogP contribution in [-0.4, -0.2) is 21.8 Å². The van der Waals surface area contributed by atoms with Gasteiger partial charge in [-0.15, -0.1) is 0 Å². The standard InChI is InChI=1S/C24H20O5S/c1-15-8-11-18(12-9-15)30(25,26)23-21-19-14-17(27-2)10-13-20(19)28-24(21)29-22(23)16-6-4-3-5-7-16/h3-14,21,24H,1-2H3. The summed E-state index contributed by atoms with van der Waals surface area (Å²) in [6.07, 6.45) is -0.738. The molecule has 0 N–H and O–H groups in total. The van der Waals surface area contributed by atoms with E-state index in [0.717, 1.165) is 11.1 Å². The van der Waals surface area contributed by atoms with Crippen molar-refractivity contribution in [2.24, 2.45) is 0 Å². The van der Waals surface area contributed by atoms with Gasteiger partial charge >= 0.3 is 0 Å². The Balaban J connectivity index is 1.74. The van der Waals surface area contributed by atoms with E-state index in [0.29, 0.717) is 22.8 Å². The van der Waals surface area contributed by atoms with Crippen LogP contribution < -0.4 is 9.47 Å². The highest BCUT2D eigenvalue weighted by Gasteiger charge is 2.51. The Morgan fingerprint density at radius 2 is 1.63 bits per heavy atom. The maximum Gasteiger partial charge on any atom is 0.252 e. The van der Waals surface area contributed by atoms with Gasteiger partial charge in [0.15, 0.2) is 0 Å². The topological polar surface area (TPSA) is 61.8 Å². The van der Waals surface area contributed by atoms with Crippen LogP contribution in [0.25, 0.3) is 5.76 Å². The van der Waals surface area contributed by atoms with Gasteiger partial charge < -0.3 is 14.2 Å². The zero-order valence-corrected chi connectivity index (χ0v) is 17.3. The van der Waals surface area contributed by atoms with Crippen LogP contribution in [0.1, 0.15) is 22.6 Å². The van der Waals surface area contributed by atoms with Crippen molar-refractivity contribution < 1.29 is 22.6 Å². The van der Waals surface area contributed by atoms with Crippen molar-refractivity contribution in [3.05, 3.63) is 94.4 Å². The Kier molecular flexibility index (Phi) is 4.33. The van der Waals surface area contributed by atoms with Crippen molar-refractivity contribution >= 4 is 15.6 Å². The normalized spacial score (nSPS) is 19.7. The summed E-state index contributed by atoms with van der Waals surface area (Å²) >= 11 is 0. The van der Waals surface area contributed by atoms with Gasteiger partial charge in [0.1, 0.15) is 28.1 Å². The summed E-state index contributed by atoms with van der Waals surface area (Å²) in [5.74, 6) is 1.00. The Morgan fingerprint density at radius 3 is 2.33 bits per heavy atom. The third kappa shape index (κ3) is 2.87. The first-order chi connectivity index (χ1) is 14.5. The van der Waals surface area contributed by atoms with E-state index >= 15 is 0 Å². The number of benzene rings is 3. The van der Waals surface area contributed by atoms with E-state index in [1.807, 2.05) is 43.3 Å². The highest BCUT2D eigenvalue weighted by atomic mass is 32.2. The Morgan fingerprint density at radius 1 is 0.900 bits per heavy atom. The average Bonchev–Trinajstić information content (AvgIpc) is 3.30. The first-order valence-corrected chi connectivity index (χ1v) is 11.1. The quantitative estimate of drug-likeness (QED) is 0.613. The summed E-state index contributed by atoms with van der Waals surface area (Å²) in [5, 5.41) is 0. The molecule has 30 heavy (non-hydrogen) atoms. The predicted octanol–water partition coefficient (Wildman–Crippen LogP) is 4.68. The largest absolute Gasteiger partial charge is 0.497 e. The number of hydrogen-bond acceptors (Lipinski definition) is 5. The van der Waals surface area contributed by atoms with E-state index in [-0.39, 0.29) is 9.80 Å². The predicted molar refractivity (Wildman–Crippen MR) is 113 cm³/mol. The first kappa shape index (κ1) is 18.8. The number of sulfone groups is 1. The van der Waals surface area contributed by atoms with Gasteiger partial charge in [0.25, 0.3) is 6.29 Å². The molecule has 0 bridgehead atoms. The first-order valence-electron chi connectivity index (χ1n) is 9.61. The minimum Gasteiger partial charge on any atom is -0.497 e. The van der Waals surface area contributed by atoms with Gasteiger partial charge in [-0.05, 0) is 37.3 Å². The number of rotatable bonds is 4. The molecule has 0 saturated heterocycles. The molecule has 0 amide bonds. The van der Waals surface area contributed by atoms with Gasteiger partial charge in [0.05, 0.1) is 12.0 Å². The molecule has 0 saturated carbocycles.